The molecule has 1 aliphatic carbocycles. The van der Waals surface area contributed by atoms with Crippen LogP contribution in [0.2, 0.25) is 0 Å². The van der Waals surface area contributed by atoms with Crippen LogP contribution in [0.25, 0.3) is 0 Å². The van der Waals surface area contributed by atoms with Gasteiger partial charge in [0.1, 0.15) is 0 Å². The fourth-order valence-corrected chi connectivity index (χ4v) is 2.17. The van der Waals surface area contributed by atoms with E-state index in [0.717, 1.165) is 45.1 Å². The van der Waals surface area contributed by atoms with Crippen LogP contribution >= 0.6 is 11.6 Å². The zero-order valence-electron chi connectivity index (χ0n) is 11.0. The molecule has 6 heteroatoms. The number of unbranched alkanes of at least 4 members (excludes halogenated alkanes) is 1. The maximum atomic E-state index is 6.04. The summed E-state index contributed by atoms with van der Waals surface area (Å²) in [7, 11) is 0. The first-order valence-corrected chi connectivity index (χ1v) is 7.09. The predicted octanol–water partition coefficient (Wildman–Crippen LogP) is 1.56. The van der Waals surface area contributed by atoms with Crippen molar-refractivity contribution in [2.45, 2.75) is 56.9 Å². The number of alkyl halides is 1. The lowest BCUT2D eigenvalue weighted by Crippen LogP contribution is -2.42. The van der Waals surface area contributed by atoms with Crippen molar-refractivity contribution in [2.75, 3.05) is 6.54 Å². The summed E-state index contributed by atoms with van der Waals surface area (Å²) in [5, 5.41) is 3.12. The summed E-state index contributed by atoms with van der Waals surface area (Å²) in [6.07, 6.45) is 6.11. The van der Waals surface area contributed by atoms with E-state index in [1.807, 2.05) is 0 Å². The molecule has 0 aliphatic heterocycles. The Balaban J connectivity index is 2.34. The van der Waals surface area contributed by atoms with Gasteiger partial charge in [-0.2, -0.15) is 0 Å². The molecule has 5 nitrogen and oxygen atoms in total. The number of halogens is 1. The fraction of sp³-hybridized carbons (Fsp3) is 0.833. The third-order valence-electron chi connectivity index (χ3n) is 3.00. The smallest absolute Gasteiger partial charge is 0.195 e. The van der Waals surface area contributed by atoms with Gasteiger partial charge in [-0.3, -0.25) is 10.3 Å². The standard InChI is InChI=1S/C12H24ClN5/c1-2-3-8-16-11(14)18-12(15)17-10-6-4-9(13)5-7-10/h9-10H,2-8H2,1H3,(H5,14,15,16,17,18). The molecule has 0 spiro atoms. The molecule has 0 radical (unpaired) electrons. The number of hydrogen-bond donors (Lipinski definition) is 3. The largest absolute Gasteiger partial charge is 0.370 e. The van der Waals surface area contributed by atoms with Gasteiger partial charge in [0.25, 0.3) is 0 Å². The number of aliphatic imine (C=N–C) groups is 2. The average molecular weight is 274 g/mol. The van der Waals surface area contributed by atoms with Gasteiger partial charge in [-0.1, -0.05) is 13.3 Å². The number of nitrogens with two attached hydrogens (primary N) is 2. The Labute approximate surface area is 114 Å². The second-order valence-corrected chi connectivity index (χ2v) is 5.28. The number of hydrogen-bond acceptors (Lipinski definition) is 2. The van der Waals surface area contributed by atoms with Gasteiger partial charge in [-0.25, -0.2) is 4.99 Å². The molecule has 5 N–H and O–H groups in total. The topological polar surface area (TPSA) is 88.8 Å². The Morgan fingerprint density at radius 1 is 1.22 bits per heavy atom. The van der Waals surface area contributed by atoms with E-state index in [4.69, 9.17) is 23.1 Å². The molecule has 0 atom stereocenters. The highest BCUT2D eigenvalue weighted by molar-refractivity contribution is 6.20. The van der Waals surface area contributed by atoms with Crippen LogP contribution in [0.5, 0.6) is 0 Å². The predicted molar refractivity (Wildman–Crippen MR) is 78.1 cm³/mol. The fourth-order valence-electron chi connectivity index (χ4n) is 1.92. The minimum Gasteiger partial charge on any atom is -0.370 e. The molecule has 0 unspecified atom stereocenters. The molecular weight excluding hydrogens is 250 g/mol. The molecule has 1 saturated carbocycles. The maximum Gasteiger partial charge on any atom is 0.195 e. The lowest BCUT2D eigenvalue weighted by atomic mass is 9.96. The summed E-state index contributed by atoms with van der Waals surface area (Å²) in [5.74, 6) is 0.696. The zero-order valence-corrected chi connectivity index (χ0v) is 11.8. The van der Waals surface area contributed by atoms with Crippen LogP contribution in [0.1, 0.15) is 45.4 Å². The van der Waals surface area contributed by atoms with Crippen LogP contribution in [-0.4, -0.2) is 29.9 Å². The van der Waals surface area contributed by atoms with E-state index >= 15 is 0 Å². The second kappa shape index (κ2) is 8.19. The van der Waals surface area contributed by atoms with Crippen LogP contribution in [0.3, 0.4) is 0 Å². The van der Waals surface area contributed by atoms with Crippen molar-refractivity contribution in [3.63, 3.8) is 0 Å². The summed E-state index contributed by atoms with van der Waals surface area (Å²) in [6, 6.07) is 0.260. The Morgan fingerprint density at radius 2 is 1.89 bits per heavy atom. The van der Waals surface area contributed by atoms with Crippen LogP contribution in [-0.2, 0) is 0 Å². The summed E-state index contributed by atoms with van der Waals surface area (Å²) in [6.45, 7) is 2.84. The lowest BCUT2D eigenvalue weighted by molar-refractivity contribution is 0.448. The van der Waals surface area contributed by atoms with E-state index in [2.05, 4.69) is 22.2 Å². The van der Waals surface area contributed by atoms with Gasteiger partial charge in [-0.15, -0.1) is 11.6 Å². The van der Waals surface area contributed by atoms with Crippen molar-refractivity contribution in [1.82, 2.24) is 5.32 Å². The third kappa shape index (κ3) is 6.10. The molecule has 0 aromatic carbocycles. The van der Waals surface area contributed by atoms with E-state index in [9.17, 15) is 0 Å². The van der Waals surface area contributed by atoms with Crippen LogP contribution in [0.15, 0.2) is 9.98 Å². The van der Waals surface area contributed by atoms with Gasteiger partial charge in [0.2, 0.25) is 0 Å². The van der Waals surface area contributed by atoms with Gasteiger partial charge >= 0.3 is 0 Å². The lowest BCUT2D eigenvalue weighted by Gasteiger charge is -2.22. The third-order valence-corrected chi connectivity index (χ3v) is 3.43. The minimum atomic E-state index is 0.260. The molecule has 0 bridgehead atoms. The Hall–Kier alpha value is -0.970. The number of rotatable bonds is 4. The quantitative estimate of drug-likeness (QED) is 0.314. The Kier molecular flexibility index (Phi) is 6.86. The molecule has 18 heavy (non-hydrogen) atoms. The van der Waals surface area contributed by atoms with Crippen molar-refractivity contribution < 1.29 is 0 Å². The Bertz CT molecular complexity index is 295. The van der Waals surface area contributed by atoms with E-state index < -0.39 is 0 Å². The zero-order chi connectivity index (χ0) is 13.4. The molecular formula is C12H24ClN5. The van der Waals surface area contributed by atoms with E-state index in [0.29, 0.717) is 17.3 Å². The first kappa shape index (κ1) is 15.1. The second-order valence-electron chi connectivity index (χ2n) is 4.67. The van der Waals surface area contributed by atoms with Crippen molar-refractivity contribution in [3.8, 4) is 0 Å². The first-order chi connectivity index (χ1) is 8.61. The summed E-state index contributed by atoms with van der Waals surface area (Å²) in [5.41, 5.74) is 11.5. The number of guanidine groups is 2. The van der Waals surface area contributed by atoms with Crippen LogP contribution in [0, 0.1) is 0 Å². The van der Waals surface area contributed by atoms with E-state index in [-0.39, 0.29) is 6.04 Å². The molecule has 0 aromatic heterocycles. The maximum absolute atomic E-state index is 6.04. The molecule has 1 fully saturated rings. The first-order valence-electron chi connectivity index (χ1n) is 6.66. The van der Waals surface area contributed by atoms with Crippen molar-refractivity contribution >= 4 is 23.5 Å². The summed E-state index contributed by atoms with van der Waals surface area (Å²) in [4.78, 5) is 8.56. The summed E-state index contributed by atoms with van der Waals surface area (Å²) < 4.78 is 0. The normalized spacial score (nSPS) is 26.1. The highest BCUT2D eigenvalue weighted by Gasteiger charge is 2.18. The monoisotopic (exact) mass is 273 g/mol. The number of nitrogens with zero attached hydrogens (tertiary/aromatic N) is 2. The molecule has 0 aromatic rings. The van der Waals surface area contributed by atoms with Gasteiger partial charge in [0.15, 0.2) is 11.9 Å². The summed E-state index contributed by atoms with van der Waals surface area (Å²) >= 11 is 6.04. The Morgan fingerprint density at radius 3 is 2.50 bits per heavy atom. The molecule has 0 saturated heterocycles. The molecule has 104 valence electrons. The molecule has 0 heterocycles. The molecule has 0 amide bonds. The van der Waals surface area contributed by atoms with Crippen molar-refractivity contribution in [3.05, 3.63) is 0 Å². The molecule has 1 rings (SSSR count). The van der Waals surface area contributed by atoms with Gasteiger partial charge in [0, 0.05) is 11.9 Å². The van der Waals surface area contributed by atoms with Gasteiger partial charge in [0.05, 0.1) is 6.04 Å². The van der Waals surface area contributed by atoms with Crippen LogP contribution in [0.4, 0.5) is 0 Å². The van der Waals surface area contributed by atoms with Crippen LogP contribution < -0.4 is 16.8 Å². The highest BCUT2D eigenvalue weighted by Crippen LogP contribution is 2.24. The van der Waals surface area contributed by atoms with E-state index in [1.54, 1.807) is 0 Å². The minimum absolute atomic E-state index is 0.260. The van der Waals surface area contributed by atoms with Gasteiger partial charge in [-0.05, 0) is 32.1 Å². The SMILES string of the molecule is CCCCN=C(N)NC(N)=NC1CCC(Cl)CC1. The molecule has 1 aliphatic rings. The van der Waals surface area contributed by atoms with E-state index in [1.165, 1.54) is 0 Å². The average Bonchev–Trinajstić information content (AvgIpc) is 2.32. The van der Waals surface area contributed by atoms with Crippen molar-refractivity contribution in [1.29, 1.82) is 0 Å². The number of nitrogens with one attached hydrogen (secondary N) is 1. The highest BCUT2D eigenvalue weighted by atomic mass is 35.5. The van der Waals surface area contributed by atoms with Crippen molar-refractivity contribution in [2.24, 2.45) is 21.5 Å². The van der Waals surface area contributed by atoms with Gasteiger partial charge < -0.3 is 11.5 Å².